The standard InChI is InChI=1S/C22H20F2N2O2/c1-25-18-9-7-17(8-10-18)19-13-21(15-22(21,23)24)11-12-26(19)20(27)28-14-16-5-3-2-4-6-16/h2-10,19H,11-15H2. The normalized spacial score (nSPS) is 25.2. The minimum atomic E-state index is -2.66. The molecule has 2 unspecified atom stereocenters. The van der Waals surface area contributed by atoms with Crippen LogP contribution in [0.25, 0.3) is 4.85 Å². The number of ether oxygens (including phenoxy) is 1. The van der Waals surface area contributed by atoms with Crippen LogP contribution in [0.1, 0.15) is 36.4 Å². The number of benzene rings is 2. The Hall–Kier alpha value is -2.94. The average molecular weight is 382 g/mol. The van der Waals surface area contributed by atoms with Gasteiger partial charge in [0.05, 0.1) is 12.6 Å². The lowest BCUT2D eigenvalue weighted by molar-refractivity contribution is 0.00420. The molecule has 1 heterocycles. The monoisotopic (exact) mass is 382 g/mol. The molecule has 2 aliphatic rings. The molecule has 1 aliphatic heterocycles. The molecule has 1 saturated heterocycles. The second-order valence-corrected chi connectivity index (χ2v) is 7.57. The number of likely N-dealkylation sites (tertiary alicyclic amines) is 1. The van der Waals surface area contributed by atoms with Crippen LogP contribution in [0.2, 0.25) is 0 Å². The molecule has 2 aromatic rings. The Kier molecular flexibility index (Phi) is 4.54. The molecular weight excluding hydrogens is 362 g/mol. The van der Waals surface area contributed by atoms with Gasteiger partial charge in [-0.15, -0.1) is 0 Å². The molecule has 1 amide bonds. The fourth-order valence-electron chi connectivity index (χ4n) is 4.04. The molecule has 1 spiro atoms. The number of rotatable bonds is 3. The number of carbonyl (C=O) groups is 1. The van der Waals surface area contributed by atoms with Crippen LogP contribution in [0.5, 0.6) is 0 Å². The summed E-state index contributed by atoms with van der Waals surface area (Å²) >= 11 is 0. The minimum Gasteiger partial charge on any atom is -0.445 e. The number of piperidine rings is 1. The van der Waals surface area contributed by atoms with Crippen molar-refractivity contribution in [1.82, 2.24) is 4.90 Å². The van der Waals surface area contributed by atoms with Gasteiger partial charge >= 0.3 is 6.09 Å². The van der Waals surface area contributed by atoms with Crippen molar-refractivity contribution in [2.24, 2.45) is 5.41 Å². The minimum absolute atomic E-state index is 0.121. The van der Waals surface area contributed by atoms with Gasteiger partial charge in [0.1, 0.15) is 6.61 Å². The molecule has 0 bridgehead atoms. The summed E-state index contributed by atoms with van der Waals surface area (Å²) in [6.45, 7) is 7.44. The number of hydrogen-bond acceptors (Lipinski definition) is 2. The van der Waals surface area contributed by atoms with Crippen molar-refractivity contribution in [2.45, 2.75) is 37.8 Å². The molecule has 4 rings (SSSR count). The molecule has 2 atom stereocenters. The predicted molar refractivity (Wildman–Crippen MR) is 100 cm³/mol. The Morgan fingerprint density at radius 1 is 1.18 bits per heavy atom. The third kappa shape index (κ3) is 3.33. The van der Waals surface area contributed by atoms with Gasteiger partial charge in [0, 0.05) is 18.4 Å². The fourth-order valence-corrected chi connectivity index (χ4v) is 4.04. The number of halogens is 2. The SMILES string of the molecule is [C-]#[N+]c1ccc(C2CC3(CCN2C(=O)OCc2ccccc2)CC3(F)F)cc1. The van der Waals surface area contributed by atoms with Crippen molar-refractivity contribution >= 4 is 11.8 Å². The van der Waals surface area contributed by atoms with Crippen molar-refractivity contribution in [3.05, 3.63) is 77.1 Å². The van der Waals surface area contributed by atoms with E-state index in [0.29, 0.717) is 5.69 Å². The molecule has 6 heteroatoms. The summed E-state index contributed by atoms with van der Waals surface area (Å²) in [5.41, 5.74) is 1.08. The number of carbonyl (C=O) groups excluding carboxylic acids is 1. The van der Waals surface area contributed by atoms with E-state index in [0.717, 1.165) is 11.1 Å². The summed E-state index contributed by atoms with van der Waals surface area (Å²) in [4.78, 5) is 17.7. The number of nitrogens with zero attached hydrogens (tertiary/aromatic N) is 2. The maximum Gasteiger partial charge on any atom is 0.410 e. The number of alkyl halides is 2. The molecular formula is C22H20F2N2O2. The zero-order valence-corrected chi connectivity index (χ0v) is 15.3. The zero-order valence-electron chi connectivity index (χ0n) is 15.3. The molecule has 2 aromatic carbocycles. The quantitative estimate of drug-likeness (QED) is 0.635. The van der Waals surface area contributed by atoms with E-state index in [1.807, 2.05) is 30.3 Å². The van der Waals surface area contributed by atoms with Gasteiger partial charge in [-0.3, -0.25) is 0 Å². The van der Waals surface area contributed by atoms with Crippen LogP contribution >= 0.6 is 0 Å². The highest BCUT2D eigenvalue weighted by atomic mass is 19.3. The lowest BCUT2D eigenvalue weighted by Crippen LogP contribution is -2.43. The second kappa shape index (κ2) is 6.90. The first-order valence-corrected chi connectivity index (χ1v) is 9.27. The Labute approximate surface area is 162 Å². The molecule has 28 heavy (non-hydrogen) atoms. The molecule has 0 N–H and O–H groups in total. The van der Waals surface area contributed by atoms with Crippen molar-refractivity contribution in [1.29, 1.82) is 0 Å². The van der Waals surface area contributed by atoms with Crippen LogP contribution in [-0.2, 0) is 11.3 Å². The first-order chi connectivity index (χ1) is 13.4. The molecule has 144 valence electrons. The Bertz CT molecular complexity index is 908. The van der Waals surface area contributed by atoms with Gasteiger partial charge < -0.3 is 9.64 Å². The highest BCUT2D eigenvalue weighted by Gasteiger charge is 2.72. The van der Waals surface area contributed by atoms with E-state index >= 15 is 0 Å². The molecule has 4 nitrogen and oxygen atoms in total. The molecule has 1 saturated carbocycles. The highest BCUT2D eigenvalue weighted by molar-refractivity contribution is 5.69. The van der Waals surface area contributed by atoms with Gasteiger partial charge in [0.2, 0.25) is 0 Å². The third-order valence-electron chi connectivity index (χ3n) is 5.85. The summed E-state index contributed by atoms with van der Waals surface area (Å²) in [5.74, 6) is -2.66. The van der Waals surface area contributed by atoms with Crippen molar-refractivity contribution in [2.75, 3.05) is 6.54 Å². The van der Waals surface area contributed by atoms with E-state index in [9.17, 15) is 13.6 Å². The van der Waals surface area contributed by atoms with Gasteiger partial charge in [-0.05, 0) is 24.0 Å². The molecule has 2 fully saturated rings. The Morgan fingerprint density at radius 3 is 2.46 bits per heavy atom. The van der Waals surface area contributed by atoms with Gasteiger partial charge in [-0.25, -0.2) is 18.4 Å². The summed E-state index contributed by atoms with van der Waals surface area (Å²) in [7, 11) is 0. The summed E-state index contributed by atoms with van der Waals surface area (Å²) in [6.07, 6.45) is -0.139. The van der Waals surface area contributed by atoms with Crippen LogP contribution in [0, 0.1) is 12.0 Å². The first kappa shape index (κ1) is 18.4. The van der Waals surface area contributed by atoms with Gasteiger partial charge in [-0.2, -0.15) is 0 Å². The van der Waals surface area contributed by atoms with Gasteiger partial charge in [0.25, 0.3) is 5.92 Å². The number of hydrogen-bond donors (Lipinski definition) is 0. The van der Waals surface area contributed by atoms with Crippen LogP contribution in [0.4, 0.5) is 19.3 Å². The van der Waals surface area contributed by atoms with Crippen molar-refractivity contribution in [3.8, 4) is 0 Å². The predicted octanol–water partition coefficient (Wildman–Crippen LogP) is 5.74. The molecule has 0 radical (unpaired) electrons. The topological polar surface area (TPSA) is 33.9 Å². The van der Waals surface area contributed by atoms with E-state index in [-0.39, 0.29) is 32.4 Å². The van der Waals surface area contributed by atoms with E-state index in [2.05, 4.69) is 4.85 Å². The average Bonchev–Trinajstić information content (AvgIpc) is 3.25. The summed E-state index contributed by atoms with van der Waals surface area (Å²) in [5, 5.41) is 0. The largest absolute Gasteiger partial charge is 0.445 e. The van der Waals surface area contributed by atoms with E-state index < -0.39 is 23.5 Å². The summed E-state index contributed by atoms with van der Waals surface area (Å²) in [6, 6.07) is 15.7. The molecule has 0 aromatic heterocycles. The number of amides is 1. The van der Waals surface area contributed by atoms with E-state index in [4.69, 9.17) is 11.3 Å². The van der Waals surface area contributed by atoms with Crippen LogP contribution in [-0.4, -0.2) is 23.5 Å². The molecule has 1 aliphatic carbocycles. The second-order valence-electron chi connectivity index (χ2n) is 7.57. The lowest BCUT2D eigenvalue weighted by Gasteiger charge is -2.39. The van der Waals surface area contributed by atoms with Crippen molar-refractivity contribution < 1.29 is 18.3 Å². The Morgan fingerprint density at radius 2 is 1.86 bits per heavy atom. The maximum atomic E-state index is 14.0. The maximum absolute atomic E-state index is 14.0. The van der Waals surface area contributed by atoms with Crippen molar-refractivity contribution in [3.63, 3.8) is 0 Å². The smallest absolute Gasteiger partial charge is 0.410 e. The zero-order chi connectivity index (χ0) is 19.8. The summed E-state index contributed by atoms with van der Waals surface area (Å²) < 4.78 is 33.5. The lowest BCUT2D eigenvalue weighted by atomic mass is 9.84. The fraction of sp³-hybridized carbons (Fsp3) is 0.364. The van der Waals surface area contributed by atoms with E-state index in [1.165, 1.54) is 0 Å². The third-order valence-corrected chi connectivity index (χ3v) is 5.85. The Balaban J connectivity index is 1.53. The van der Waals surface area contributed by atoms with Gasteiger partial charge in [-0.1, -0.05) is 54.6 Å². The highest BCUT2D eigenvalue weighted by Crippen LogP contribution is 2.68. The van der Waals surface area contributed by atoms with E-state index in [1.54, 1.807) is 29.2 Å². The van der Waals surface area contributed by atoms with Crippen LogP contribution in [0.3, 0.4) is 0 Å². The van der Waals surface area contributed by atoms with Gasteiger partial charge in [0.15, 0.2) is 5.69 Å². The van der Waals surface area contributed by atoms with Crippen LogP contribution in [0.15, 0.2) is 54.6 Å². The van der Waals surface area contributed by atoms with Crippen LogP contribution < -0.4 is 0 Å². The first-order valence-electron chi connectivity index (χ1n) is 9.27.